The lowest BCUT2D eigenvalue weighted by Gasteiger charge is -2.18. The molecule has 1 fully saturated rings. The number of hydrogen-bond donors (Lipinski definition) is 2. The molecule has 0 saturated carbocycles. The van der Waals surface area contributed by atoms with Crippen molar-refractivity contribution in [2.24, 2.45) is 5.73 Å². The van der Waals surface area contributed by atoms with Crippen LogP contribution in [0.15, 0.2) is 30.3 Å². The largest absolute Gasteiger partial charge is 0.364 e. The van der Waals surface area contributed by atoms with Crippen molar-refractivity contribution >= 4 is 18.3 Å². The maximum Gasteiger partial charge on any atom is 0.249 e. The van der Waals surface area contributed by atoms with E-state index in [1.54, 1.807) is 0 Å². The Morgan fingerprint density at radius 2 is 2.10 bits per heavy atom. The number of ether oxygens (including phenoxy) is 1. The molecule has 1 aliphatic heterocycles. The van der Waals surface area contributed by atoms with E-state index >= 15 is 0 Å². The molecule has 3 atom stereocenters. The second-order valence-corrected chi connectivity index (χ2v) is 5.32. The van der Waals surface area contributed by atoms with Gasteiger partial charge in [0, 0.05) is 19.0 Å². The van der Waals surface area contributed by atoms with Crippen molar-refractivity contribution in [2.45, 2.75) is 44.3 Å². The van der Waals surface area contributed by atoms with Crippen LogP contribution in [0.5, 0.6) is 0 Å². The second-order valence-electron chi connectivity index (χ2n) is 5.32. The molecule has 1 aromatic carbocycles. The van der Waals surface area contributed by atoms with Crippen molar-refractivity contribution < 1.29 is 9.53 Å². The molecular weight excluding hydrogens is 288 g/mol. The zero-order valence-electron chi connectivity index (χ0n) is 12.5. The van der Waals surface area contributed by atoms with Crippen LogP contribution in [-0.2, 0) is 9.53 Å². The van der Waals surface area contributed by atoms with E-state index in [0.717, 1.165) is 19.3 Å². The quantitative estimate of drug-likeness (QED) is 0.846. The second kappa shape index (κ2) is 9.03. The Hall–Kier alpha value is -1.10. The summed E-state index contributed by atoms with van der Waals surface area (Å²) in [7, 11) is 0. The minimum Gasteiger partial charge on any atom is -0.364 e. The topological polar surface area (TPSA) is 64.4 Å². The summed E-state index contributed by atoms with van der Waals surface area (Å²) in [5, 5.41) is 3.01. The highest BCUT2D eigenvalue weighted by Gasteiger charge is 2.29. The van der Waals surface area contributed by atoms with E-state index in [1.165, 1.54) is 5.56 Å². The van der Waals surface area contributed by atoms with Crippen molar-refractivity contribution in [3.63, 3.8) is 0 Å². The van der Waals surface area contributed by atoms with Gasteiger partial charge in [0.1, 0.15) is 6.10 Å². The fraction of sp³-hybridized carbons (Fsp3) is 0.562. The molecule has 1 heterocycles. The molecule has 1 amide bonds. The molecule has 21 heavy (non-hydrogen) atoms. The normalized spacial score (nSPS) is 22.4. The number of halogens is 1. The third kappa shape index (κ3) is 4.99. The molecule has 4 nitrogen and oxygen atoms in total. The summed E-state index contributed by atoms with van der Waals surface area (Å²) in [6, 6.07) is 10.3. The first-order valence-electron chi connectivity index (χ1n) is 7.42. The summed E-state index contributed by atoms with van der Waals surface area (Å²) in [5.74, 6) is 0.349. The van der Waals surface area contributed by atoms with Crippen LogP contribution in [0.1, 0.15) is 37.7 Å². The molecule has 0 aliphatic carbocycles. The summed E-state index contributed by atoms with van der Waals surface area (Å²) in [4.78, 5) is 12.1. The lowest BCUT2D eigenvalue weighted by Crippen LogP contribution is -2.37. The Morgan fingerprint density at radius 1 is 1.38 bits per heavy atom. The van der Waals surface area contributed by atoms with E-state index in [2.05, 4.69) is 24.4 Å². The average Bonchev–Trinajstić information content (AvgIpc) is 2.98. The van der Waals surface area contributed by atoms with Crippen molar-refractivity contribution in [1.82, 2.24) is 5.32 Å². The highest BCUT2D eigenvalue weighted by molar-refractivity contribution is 5.85. The Kier molecular flexibility index (Phi) is 7.72. The van der Waals surface area contributed by atoms with Crippen LogP contribution in [-0.4, -0.2) is 31.2 Å². The van der Waals surface area contributed by atoms with Crippen LogP contribution >= 0.6 is 12.4 Å². The number of carbonyl (C=O) groups is 1. The van der Waals surface area contributed by atoms with Gasteiger partial charge in [-0.2, -0.15) is 0 Å². The van der Waals surface area contributed by atoms with E-state index in [4.69, 9.17) is 10.5 Å². The van der Waals surface area contributed by atoms with E-state index in [-0.39, 0.29) is 30.5 Å². The summed E-state index contributed by atoms with van der Waals surface area (Å²) in [5.41, 5.74) is 6.83. The van der Waals surface area contributed by atoms with Crippen LogP contribution in [0.4, 0.5) is 0 Å². The minimum atomic E-state index is -0.322. The molecule has 5 heteroatoms. The van der Waals surface area contributed by atoms with Gasteiger partial charge in [-0.25, -0.2) is 0 Å². The summed E-state index contributed by atoms with van der Waals surface area (Å²) < 4.78 is 5.61. The Bertz CT molecular complexity index is 428. The third-order valence-corrected chi connectivity index (χ3v) is 3.95. The molecule has 1 saturated heterocycles. The van der Waals surface area contributed by atoms with Gasteiger partial charge in [0.2, 0.25) is 5.91 Å². The predicted octanol–water partition coefficient (Wildman–Crippen LogP) is 2.22. The van der Waals surface area contributed by atoms with Gasteiger partial charge in [-0.3, -0.25) is 4.79 Å². The molecule has 0 spiro atoms. The standard InChI is InChI=1S/C16H24N2O2.ClH/c1-2-12(13-6-4-3-5-7-13)11-18-16(19)15-9-8-14(10-17)20-15;/h3-7,12,14-15H,2,8-11,17H2,1H3,(H,18,19);1H/t12?,14-,15+;/m1./s1. The van der Waals surface area contributed by atoms with Crippen LogP contribution in [0.25, 0.3) is 0 Å². The van der Waals surface area contributed by atoms with Crippen LogP contribution < -0.4 is 11.1 Å². The highest BCUT2D eigenvalue weighted by atomic mass is 35.5. The van der Waals surface area contributed by atoms with Gasteiger partial charge < -0.3 is 15.8 Å². The lowest BCUT2D eigenvalue weighted by molar-refractivity contribution is -0.131. The van der Waals surface area contributed by atoms with Gasteiger partial charge >= 0.3 is 0 Å². The summed E-state index contributed by atoms with van der Waals surface area (Å²) in [6.07, 6.45) is 2.38. The number of carbonyl (C=O) groups excluding carboxylic acids is 1. The van der Waals surface area contributed by atoms with Gasteiger partial charge in [-0.15, -0.1) is 12.4 Å². The zero-order chi connectivity index (χ0) is 14.4. The number of rotatable bonds is 6. The SMILES string of the molecule is CCC(CNC(=O)[C@@H]1CC[C@H](CN)O1)c1ccccc1.Cl. The van der Waals surface area contributed by atoms with Crippen molar-refractivity contribution in [2.75, 3.05) is 13.1 Å². The Labute approximate surface area is 132 Å². The van der Waals surface area contributed by atoms with Gasteiger partial charge in [-0.05, 0) is 24.8 Å². The molecule has 1 unspecified atom stereocenters. The summed E-state index contributed by atoms with van der Waals surface area (Å²) in [6.45, 7) is 3.29. The molecule has 1 aromatic rings. The Morgan fingerprint density at radius 3 is 2.67 bits per heavy atom. The highest BCUT2D eigenvalue weighted by Crippen LogP contribution is 2.20. The van der Waals surface area contributed by atoms with E-state index in [9.17, 15) is 4.79 Å². The molecule has 0 radical (unpaired) electrons. The molecule has 2 rings (SSSR count). The minimum absolute atomic E-state index is 0. The molecule has 1 aliphatic rings. The average molecular weight is 313 g/mol. The number of benzene rings is 1. The van der Waals surface area contributed by atoms with Crippen LogP contribution in [0.3, 0.4) is 0 Å². The lowest BCUT2D eigenvalue weighted by atomic mass is 9.96. The first-order chi connectivity index (χ1) is 9.74. The number of amides is 1. The van der Waals surface area contributed by atoms with Gasteiger partial charge in [-0.1, -0.05) is 37.3 Å². The molecular formula is C16H25ClN2O2. The van der Waals surface area contributed by atoms with Crippen molar-refractivity contribution in [1.29, 1.82) is 0 Å². The predicted molar refractivity (Wildman–Crippen MR) is 86.7 cm³/mol. The van der Waals surface area contributed by atoms with Gasteiger partial charge in [0.25, 0.3) is 0 Å². The smallest absolute Gasteiger partial charge is 0.249 e. The van der Waals surface area contributed by atoms with Crippen molar-refractivity contribution in [3.05, 3.63) is 35.9 Å². The monoisotopic (exact) mass is 312 g/mol. The van der Waals surface area contributed by atoms with Gasteiger partial charge in [0.15, 0.2) is 0 Å². The molecule has 3 N–H and O–H groups in total. The molecule has 118 valence electrons. The zero-order valence-corrected chi connectivity index (χ0v) is 13.3. The summed E-state index contributed by atoms with van der Waals surface area (Å²) >= 11 is 0. The first kappa shape index (κ1) is 18.0. The van der Waals surface area contributed by atoms with Crippen LogP contribution in [0, 0.1) is 0 Å². The Balaban J connectivity index is 0.00000220. The van der Waals surface area contributed by atoms with E-state index in [0.29, 0.717) is 19.0 Å². The maximum absolute atomic E-state index is 12.1. The van der Waals surface area contributed by atoms with Crippen molar-refractivity contribution in [3.8, 4) is 0 Å². The van der Waals surface area contributed by atoms with Crippen LogP contribution in [0.2, 0.25) is 0 Å². The number of nitrogens with two attached hydrogens (primary N) is 1. The molecule has 0 aromatic heterocycles. The fourth-order valence-electron chi connectivity index (χ4n) is 2.63. The van der Waals surface area contributed by atoms with Gasteiger partial charge in [0.05, 0.1) is 6.10 Å². The fourth-order valence-corrected chi connectivity index (χ4v) is 2.63. The number of hydrogen-bond acceptors (Lipinski definition) is 3. The number of nitrogens with one attached hydrogen (secondary N) is 1. The first-order valence-corrected chi connectivity index (χ1v) is 7.42. The molecule has 0 bridgehead atoms. The third-order valence-electron chi connectivity index (χ3n) is 3.95. The maximum atomic E-state index is 12.1. The van der Waals surface area contributed by atoms with E-state index < -0.39 is 0 Å². The van der Waals surface area contributed by atoms with E-state index in [1.807, 2.05) is 18.2 Å².